The Balaban J connectivity index is 1.67. The van der Waals surface area contributed by atoms with Crippen LogP contribution < -0.4 is 14.4 Å². The van der Waals surface area contributed by atoms with Crippen LogP contribution in [0, 0.1) is 0 Å². The lowest BCUT2D eigenvalue weighted by molar-refractivity contribution is -0.139. The van der Waals surface area contributed by atoms with Crippen LogP contribution in [0.25, 0.3) is 0 Å². The number of benzene rings is 4. The number of nitrogens with zero attached hydrogens (tertiary/aromatic N) is 2. The highest BCUT2D eigenvalue weighted by Gasteiger charge is 2.33. The van der Waals surface area contributed by atoms with Gasteiger partial charge >= 0.3 is 0 Å². The van der Waals surface area contributed by atoms with Gasteiger partial charge in [-0.25, -0.2) is 8.42 Å². The topological polar surface area (TPSA) is 96.0 Å². The highest BCUT2D eigenvalue weighted by molar-refractivity contribution is 7.92. The van der Waals surface area contributed by atoms with Gasteiger partial charge in [-0.05, 0) is 66.9 Å². The van der Waals surface area contributed by atoms with E-state index in [1.165, 1.54) is 24.1 Å². The van der Waals surface area contributed by atoms with Crippen molar-refractivity contribution in [2.24, 2.45) is 0 Å². The van der Waals surface area contributed by atoms with Crippen molar-refractivity contribution >= 4 is 27.5 Å². The molecule has 218 valence electrons. The molecule has 0 aliphatic rings. The maximum Gasteiger partial charge on any atom is 0.264 e. The van der Waals surface area contributed by atoms with E-state index in [0.717, 1.165) is 9.87 Å². The number of likely N-dealkylation sites (N-methyl/N-ethyl adjacent to an activating group) is 1. The summed E-state index contributed by atoms with van der Waals surface area (Å²) in [4.78, 5) is 28.3. The van der Waals surface area contributed by atoms with Gasteiger partial charge in [0.25, 0.3) is 10.0 Å². The Morgan fingerprint density at radius 1 is 0.786 bits per heavy atom. The van der Waals surface area contributed by atoms with Crippen LogP contribution in [0.5, 0.6) is 11.5 Å². The number of ether oxygens (including phenoxy) is 1. The summed E-state index contributed by atoms with van der Waals surface area (Å²) in [6.07, 6.45) is 0.883. The Morgan fingerprint density at radius 2 is 1.33 bits per heavy atom. The number of carbonyl (C=O) groups excluding carboxylic acids is 2. The number of para-hydroxylation sites is 1. The number of anilines is 1. The van der Waals surface area contributed by atoms with E-state index in [1.807, 2.05) is 67.6 Å². The van der Waals surface area contributed by atoms with E-state index >= 15 is 0 Å². The van der Waals surface area contributed by atoms with Crippen molar-refractivity contribution in [1.82, 2.24) is 10.2 Å². The average Bonchev–Trinajstić information content (AvgIpc) is 3.03. The van der Waals surface area contributed by atoms with Crippen molar-refractivity contribution in [2.45, 2.75) is 30.7 Å². The van der Waals surface area contributed by atoms with Crippen LogP contribution in [0.1, 0.15) is 18.9 Å². The van der Waals surface area contributed by atoms with Crippen molar-refractivity contribution in [1.29, 1.82) is 0 Å². The Morgan fingerprint density at radius 3 is 1.90 bits per heavy atom. The van der Waals surface area contributed by atoms with Gasteiger partial charge in [0.15, 0.2) is 0 Å². The molecule has 0 bridgehead atoms. The quantitative estimate of drug-likeness (QED) is 0.231. The molecule has 1 atom stereocenters. The smallest absolute Gasteiger partial charge is 0.264 e. The van der Waals surface area contributed by atoms with Gasteiger partial charge in [0.05, 0.1) is 10.6 Å². The first kappa shape index (κ1) is 30.3. The first-order chi connectivity index (χ1) is 20.3. The van der Waals surface area contributed by atoms with Crippen LogP contribution in [0.2, 0.25) is 0 Å². The molecule has 2 amide bonds. The zero-order valence-corrected chi connectivity index (χ0v) is 24.5. The molecule has 0 fully saturated rings. The van der Waals surface area contributed by atoms with E-state index in [9.17, 15) is 18.0 Å². The van der Waals surface area contributed by atoms with Crippen LogP contribution in [-0.2, 0) is 26.0 Å². The van der Waals surface area contributed by atoms with Gasteiger partial charge in [-0.3, -0.25) is 13.9 Å². The Labute approximate surface area is 247 Å². The zero-order valence-electron chi connectivity index (χ0n) is 23.7. The molecule has 0 spiro atoms. The number of hydrogen-bond donors (Lipinski definition) is 1. The van der Waals surface area contributed by atoms with Crippen molar-refractivity contribution in [2.75, 3.05) is 24.4 Å². The van der Waals surface area contributed by atoms with E-state index in [0.29, 0.717) is 30.0 Å². The predicted molar refractivity (Wildman–Crippen MR) is 164 cm³/mol. The first-order valence-corrected chi connectivity index (χ1v) is 15.2. The summed E-state index contributed by atoms with van der Waals surface area (Å²) in [6, 6.07) is 32.6. The number of nitrogens with one attached hydrogen (secondary N) is 1. The second kappa shape index (κ2) is 14.3. The molecule has 4 aromatic rings. The minimum Gasteiger partial charge on any atom is -0.457 e. The first-order valence-electron chi connectivity index (χ1n) is 13.8. The van der Waals surface area contributed by atoms with Gasteiger partial charge in [-0.2, -0.15) is 0 Å². The molecule has 0 unspecified atom stereocenters. The highest BCUT2D eigenvalue weighted by atomic mass is 32.2. The molecule has 0 aromatic heterocycles. The molecule has 0 saturated carbocycles. The largest absolute Gasteiger partial charge is 0.457 e. The minimum absolute atomic E-state index is 0.0524. The second-order valence-electron chi connectivity index (χ2n) is 9.59. The van der Waals surface area contributed by atoms with E-state index < -0.39 is 28.5 Å². The molecular weight excluding hydrogens is 550 g/mol. The molecular formula is C33H35N3O5S. The fraction of sp³-hybridized carbons (Fsp3) is 0.212. The summed E-state index contributed by atoms with van der Waals surface area (Å²) in [5.41, 5.74) is 1.30. The van der Waals surface area contributed by atoms with E-state index in [2.05, 4.69) is 5.32 Å². The zero-order chi connectivity index (χ0) is 30.0. The van der Waals surface area contributed by atoms with Gasteiger partial charge in [0.2, 0.25) is 11.8 Å². The average molecular weight is 586 g/mol. The number of rotatable bonds is 13. The van der Waals surface area contributed by atoms with Gasteiger partial charge in [0, 0.05) is 13.6 Å². The van der Waals surface area contributed by atoms with Crippen LogP contribution in [0.3, 0.4) is 0 Å². The van der Waals surface area contributed by atoms with Gasteiger partial charge in [0.1, 0.15) is 24.1 Å². The van der Waals surface area contributed by atoms with Crippen LogP contribution >= 0.6 is 0 Å². The molecule has 0 aliphatic carbocycles. The van der Waals surface area contributed by atoms with Crippen molar-refractivity contribution in [3.8, 4) is 11.5 Å². The Bertz CT molecular complexity index is 1550. The maximum atomic E-state index is 14.0. The van der Waals surface area contributed by atoms with E-state index in [4.69, 9.17) is 4.74 Å². The van der Waals surface area contributed by atoms with Gasteiger partial charge < -0.3 is 15.0 Å². The Hall–Kier alpha value is -4.63. The van der Waals surface area contributed by atoms with Crippen LogP contribution in [-0.4, -0.2) is 51.3 Å². The summed E-state index contributed by atoms with van der Waals surface area (Å²) >= 11 is 0. The Kier molecular flexibility index (Phi) is 10.3. The van der Waals surface area contributed by atoms with Gasteiger partial charge in [-0.1, -0.05) is 73.7 Å². The number of hydrogen-bond acceptors (Lipinski definition) is 5. The monoisotopic (exact) mass is 585 g/mol. The molecule has 4 aromatic carbocycles. The summed E-state index contributed by atoms with van der Waals surface area (Å²) in [5, 5.41) is 2.64. The van der Waals surface area contributed by atoms with Gasteiger partial charge in [-0.15, -0.1) is 0 Å². The molecule has 0 radical (unpaired) electrons. The fourth-order valence-electron chi connectivity index (χ4n) is 4.62. The van der Waals surface area contributed by atoms with Crippen molar-refractivity contribution in [3.63, 3.8) is 0 Å². The molecule has 0 heterocycles. The molecule has 9 heteroatoms. The lowest BCUT2D eigenvalue weighted by Gasteiger charge is -2.33. The van der Waals surface area contributed by atoms with E-state index in [1.54, 1.807) is 42.5 Å². The second-order valence-corrected chi connectivity index (χ2v) is 11.5. The summed E-state index contributed by atoms with van der Waals surface area (Å²) in [5.74, 6) is 0.371. The van der Waals surface area contributed by atoms with E-state index in [-0.39, 0.29) is 17.3 Å². The standard InChI is InChI=1S/C33H35N3O5S/c1-3-31(33(38)34-2)35(24-23-26-13-7-4-8-14-26)32(37)25-36(42(39,40)30-17-11-6-12-18-30)27-19-21-29(22-20-27)41-28-15-9-5-10-16-28/h4-22,31H,3,23-25H2,1-2H3,(H,34,38)/t31-/m0/s1. The molecule has 4 rings (SSSR count). The molecule has 0 aliphatic heterocycles. The van der Waals surface area contributed by atoms with Crippen LogP contribution in [0.4, 0.5) is 5.69 Å². The molecule has 8 nitrogen and oxygen atoms in total. The fourth-order valence-corrected chi connectivity index (χ4v) is 6.05. The summed E-state index contributed by atoms with van der Waals surface area (Å²) in [6.45, 7) is 1.59. The van der Waals surface area contributed by atoms with Crippen molar-refractivity contribution in [3.05, 3.63) is 121 Å². The summed E-state index contributed by atoms with van der Waals surface area (Å²) in [7, 11) is -2.61. The molecule has 0 saturated heterocycles. The number of carbonyl (C=O) groups is 2. The molecule has 42 heavy (non-hydrogen) atoms. The lowest BCUT2D eigenvalue weighted by Crippen LogP contribution is -2.52. The third-order valence-electron chi connectivity index (χ3n) is 6.83. The van der Waals surface area contributed by atoms with Crippen molar-refractivity contribution < 1.29 is 22.7 Å². The summed E-state index contributed by atoms with van der Waals surface area (Å²) < 4.78 is 34.8. The SMILES string of the molecule is CC[C@@H](C(=O)NC)N(CCc1ccccc1)C(=O)CN(c1ccc(Oc2ccccc2)cc1)S(=O)(=O)c1ccccc1. The predicted octanol–water partition coefficient (Wildman–Crippen LogP) is 5.27. The van der Waals surface area contributed by atoms with Crippen LogP contribution in [0.15, 0.2) is 120 Å². The third kappa shape index (κ3) is 7.55. The molecule has 1 N–H and O–H groups in total. The third-order valence-corrected chi connectivity index (χ3v) is 8.62. The minimum atomic E-state index is -4.14. The lowest BCUT2D eigenvalue weighted by atomic mass is 10.1. The highest BCUT2D eigenvalue weighted by Crippen LogP contribution is 2.28. The number of sulfonamides is 1. The normalized spacial score (nSPS) is 11.8. The number of amides is 2. The maximum absolute atomic E-state index is 14.0.